The molecule has 5 nitrogen and oxygen atoms in total. The summed E-state index contributed by atoms with van der Waals surface area (Å²) in [6.07, 6.45) is 0. The standard InChI is InChI=1S/C12H10N4OS2/c1-8-13-16-12(19-8)18-7-10-14-15-11(17-10)9-5-3-2-4-6-9/h2-6H,7H2,1H3. The highest BCUT2D eigenvalue weighted by Gasteiger charge is 2.09. The first-order chi connectivity index (χ1) is 9.31. The van der Waals surface area contributed by atoms with E-state index in [0.717, 1.165) is 14.9 Å². The summed E-state index contributed by atoms with van der Waals surface area (Å²) in [5, 5.41) is 17.0. The minimum atomic E-state index is 0.546. The largest absolute Gasteiger partial charge is 0.420 e. The summed E-state index contributed by atoms with van der Waals surface area (Å²) in [5.41, 5.74) is 0.929. The Balaban J connectivity index is 1.68. The van der Waals surface area contributed by atoms with Crippen LogP contribution in [0.4, 0.5) is 0 Å². The zero-order chi connectivity index (χ0) is 13.1. The molecular weight excluding hydrogens is 280 g/mol. The number of aryl methyl sites for hydroxylation is 1. The van der Waals surface area contributed by atoms with Crippen LogP contribution in [-0.2, 0) is 5.75 Å². The van der Waals surface area contributed by atoms with Gasteiger partial charge >= 0.3 is 0 Å². The quantitative estimate of drug-likeness (QED) is 0.688. The van der Waals surface area contributed by atoms with Gasteiger partial charge in [-0.1, -0.05) is 41.3 Å². The van der Waals surface area contributed by atoms with Crippen molar-refractivity contribution in [3.8, 4) is 11.5 Å². The number of hydrogen-bond donors (Lipinski definition) is 0. The van der Waals surface area contributed by atoms with Gasteiger partial charge < -0.3 is 4.42 Å². The summed E-state index contributed by atoms with van der Waals surface area (Å²) >= 11 is 3.11. The fourth-order valence-corrected chi connectivity index (χ4v) is 3.12. The van der Waals surface area contributed by atoms with Crippen LogP contribution in [-0.4, -0.2) is 20.4 Å². The molecule has 0 unspecified atom stereocenters. The smallest absolute Gasteiger partial charge is 0.247 e. The molecule has 0 saturated heterocycles. The van der Waals surface area contributed by atoms with Crippen molar-refractivity contribution >= 4 is 23.1 Å². The molecule has 0 atom stereocenters. The van der Waals surface area contributed by atoms with E-state index in [2.05, 4.69) is 20.4 Å². The Hall–Kier alpha value is -1.73. The molecule has 19 heavy (non-hydrogen) atoms. The SMILES string of the molecule is Cc1nnc(SCc2nnc(-c3ccccc3)o2)s1. The van der Waals surface area contributed by atoms with Gasteiger partial charge in [0.1, 0.15) is 5.01 Å². The predicted octanol–water partition coefficient (Wildman–Crippen LogP) is 3.19. The Labute approximate surface area is 118 Å². The first kappa shape index (κ1) is 12.3. The molecular formula is C12H10N4OS2. The van der Waals surface area contributed by atoms with Crippen molar-refractivity contribution in [2.24, 2.45) is 0 Å². The molecule has 2 heterocycles. The average molecular weight is 290 g/mol. The van der Waals surface area contributed by atoms with Crippen LogP contribution in [0.15, 0.2) is 39.1 Å². The van der Waals surface area contributed by atoms with Gasteiger partial charge in [0.25, 0.3) is 0 Å². The number of benzene rings is 1. The van der Waals surface area contributed by atoms with E-state index in [4.69, 9.17) is 4.42 Å². The van der Waals surface area contributed by atoms with E-state index < -0.39 is 0 Å². The molecule has 0 aliphatic rings. The minimum Gasteiger partial charge on any atom is -0.420 e. The molecule has 3 aromatic rings. The lowest BCUT2D eigenvalue weighted by Crippen LogP contribution is -1.80. The van der Waals surface area contributed by atoms with Gasteiger partial charge in [-0.2, -0.15) is 0 Å². The van der Waals surface area contributed by atoms with Gasteiger partial charge in [-0.25, -0.2) is 0 Å². The summed E-state index contributed by atoms with van der Waals surface area (Å²) < 4.78 is 6.53. The maximum atomic E-state index is 5.61. The second kappa shape index (κ2) is 5.50. The van der Waals surface area contributed by atoms with E-state index in [1.54, 1.807) is 23.1 Å². The van der Waals surface area contributed by atoms with Crippen molar-refractivity contribution in [2.45, 2.75) is 17.0 Å². The summed E-state index contributed by atoms with van der Waals surface area (Å²) in [6, 6.07) is 9.72. The predicted molar refractivity (Wildman–Crippen MR) is 73.9 cm³/mol. The van der Waals surface area contributed by atoms with E-state index in [0.29, 0.717) is 17.5 Å². The van der Waals surface area contributed by atoms with Crippen LogP contribution in [0.5, 0.6) is 0 Å². The normalized spacial score (nSPS) is 10.8. The summed E-state index contributed by atoms with van der Waals surface area (Å²) in [6.45, 7) is 1.93. The molecule has 2 aromatic heterocycles. The van der Waals surface area contributed by atoms with Gasteiger partial charge in [0, 0.05) is 5.56 Å². The van der Waals surface area contributed by atoms with Crippen LogP contribution < -0.4 is 0 Å². The number of aromatic nitrogens is 4. The van der Waals surface area contributed by atoms with Crippen LogP contribution in [0.2, 0.25) is 0 Å². The van der Waals surface area contributed by atoms with Gasteiger partial charge in [0.05, 0.1) is 5.75 Å². The molecule has 0 amide bonds. The Kier molecular flexibility index (Phi) is 3.56. The fourth-order valence-electron chi connectivity index (χ4n) is 1.47. The Bertz CT molecular complexity index is 665. The van der Waals surface area contributed by atoms with E-state index in [-0.39, 0.29) is 0 Å². The highest BCUT2D eigenvalue weighted by molar-refractivity contribution is 8.00. The molecule has 0 fully saturated rings. The first-order valence-electron chi connectivity index (χ1n) is 5.62. The number of nitrogens with zero attached hydrogens (tertiary/aromatic N) is 4. The first-order valence-corrected chi connectivity index (χ1v) is 7.42. The van der Waals surface area contributed by atoms with Gasteiger partial charge in [-0.3, -0.25) is 0 Å². The van der Waals surface area contributed by atoms with Gasteiger partial charge in [-0.05, 0) is 19.1 Å². The van der Waals surface area contributed by atoms with Crippen LogP contribution >= 0.6 is 23.1 Å². The molecule has 3 rings (SSSR count). The highest BCUT2D eigenvalue weighted by atomic mass is 32.2. The van der Waals surface area contributed by atoms with Crippen LogP contribution in [0.25, 0.3) is 11.5 Å². The average Bonchev–Trinajstić information content (AvgIpc) is 3.06. The van der Waals surface area contributed by atoms with Gasteiger partial charge in [0.15, 0.2) is 4.34 Å². The van der Waals surface area contributed by atoms with Crippen molar-refractivity contribution in [1.29, 1.82) is 0 Å². The molecule has 0 bridgehead atoms. The molecule has 7 heteroatoms. The lowest BCUT2D eigenvalue weighted by molar-refractivity contribution is 0.528. The highest BCUT2D eigenvalue weighted by Crippen LogP contribution is 2.26. The molecule has 0 N–H and O–H groups in total. The second-order valence-corrected chi connectivity index (χ2v) is 6.15. The Morgan fingerprint density at radius 3 is 2.68 bits per heavy atom. The minimum absolute atomic E-state index is 0.546. The van der Waals surface area contributed by atoms with Crippen molar-refractivity contribution in [3.63, 3.8) is 0 Å². The maximum absolute atomic E-state index is 5.61. The van der Waals surface area contributed by atoms with E-state index >= 15 is 0 Å². The van der Waals surface area contributed by atoms with Gasteiger partial charge in [0.2, 0.25) is 11.8 Å². The summed E-state index contributed by atoms with van der Waals surface area (Å²) in [5.74, 6) is 1.75. The molecule has 96 valence electrons. The van der Waals surface area contributed by atoms with Crippen LogP contribution in [0.1, 0.15) is 10.9 Å². The van der Waals surface area contributed by atoms with Crippen LogP contribution in [0.3, 0.4) is 0 Å². The molecule has 0 aliphatic heterocycles. The zero-order valence-corrected chi connectivity index (χ0v) is 11.7. The van der Waals surface area contributed by atoms with Gasteiger partial charge in [-0.15, -0.1) is 20.4 Å². The van der Waals surface area contributed by atoms with Crippen molar-refractivity contribution in [3.05, 3.63) is 41.2 Å². The topological polar surface area (TPSA) is 64.7 Å². The number of rotatable bonds is 4. The monoisotopic (exact) mass is 290 g/mol. The molecule has 1 aromatic carbocycles. The third-order valence-corrected chi connectivity index (χ3v) is 4.27. The molecule has 0 aliphatic carbocycles. The maximum Gasteiger partial charge on any atom is 0.247 e. The molecule has 0 saturated carbocycles. The van der Waals surface area contributed by atoms with Crippen molar-refractivity contribution in [2.75, 3.05) is 0 Å². The third-order valence-electron chi connectivity index (χ3n) is 2.31. The lowest BCUT2D eigenvalue weighted by Gasteiger charge is -1.92. The zero-order valence-electron chi connectivity index (χ0n) is 10.1. The number of hydrogen-bond acceptors (Lipinski definition) is 7. The molecule has 0 radical (unpaired) electrons. The summed E-state index contributed by atoms with van der Waals surface area (Å²) in [4.78, 5) is 0. The Morgan fingerprint density at radius 2 is 1.95 bits per heavy atom. The summed E-state index contributed by atoms with van der Waals surface area (Å²) in [7, 11) is 0. The lowest BCUT2D eigenvalue weighted by atomic mass is 10.2. The van der Waals surface area contributed by atoms with E-state index in [9.17, 15) is 0 Å². The van der Waals surface area contributed by atoms with Crippen LogP contribution in [0, 0.1) is 6.92 Å². The van der Waals surface area contributed by atoms with E-state index in [1.807, 2.05) is 37.3 Å². The van der Waals surface area contributed by atoms with E-state index in [1.165, 1.54) is 0 Å². The third kappa shape index (κ3) is 2.99. The van der Waals surface area contributed by atoms with Crippen molar-refractivity contribution < 1.29 is 4.42 Å². The Morgan fingerprint density at radius 1 is 1.11 bits per heavy atom. The number of thioether (sulfide) groups is 1. The fraction of sp³-hybridized carbons (Fsp3) is 0.167. The molecule has 0 spiro atoms. The van der Waals surface area contributed by atoms with Crippen molar-refractivity contribution in [1.82, 2.24) is 20.4 Å². The second-order valence-electron chi connectivity index (χ2n) is 3.74.